The van der Waals surface area contributed by atoms with Gasteiger partial charge in [-0.05, 0) is 18.1 Å². The molecular formula is C9H14N2O. The SMILES string of the molecule is CCC(O)C(N)c1cccnc1. The Balaban J connectivity index is 2.71. The van der Waals surface area contributed by atoms with Gasteiger partial charge < -0.3 is 10.8 Å². The Hall–Kier alpha value is -0.930. The highest BCUT2D eigenvalue weighted by molar-refractivity contribution is 5.14. The van der Waals surface area contributed by atoms with Crippen LogP contribution in [0.1, 0.15) is 24.9 Å². The highest BCUT2D eigenvalue weighted by Crippen LogP contribution is 2.14. The second-order valence-electron chi connectivity index (χ2n) is 2.79. The van der Waals surface area contributed by atoms with Crippen molar-refractivity contribution >= 4 is 0 Å². The lowest BCUT2D eigenvalue weighted by atomic mass is 10.0. The fourth-order valence-corrected chi connectivity index (χ4v) is 1.05. The molecule has 3 N–H and O–H groups in total. The molecule has 0 spiro atoms. The van der Waals surface area contributed by atoms with Crippen LogP contribution in [0.3, 0.4) is 0 Å². The maximum absolute atomic E-state index is 9.43. The molecule has 0 aliphatic heterocycles. The minimum atomic E-state index is -0.478. The van der Waals surface area contributed by atoms with E-state index in [1.54, 1.807) is 12.4 Å². The van der Waals surface area contributed by atoms with E-state index in [2.05, 4.69) is 4.98 Å². The minimum Gasteiger partial charge on any atom is -0.391 e. The van der Waals surface area contributed by atoms with Crippen LogP contribution in [0.5, 0.6) is 0 Å². The summed E-state index contributed by atoms with van der Waals surface area (Å²) in [5.41, 5.74) is 6.64. The van der Waals surface area contributed by atoms with E-state index < -0.39 is 6.10 Å². The van der Waals surface area contributed by atoms with Gasteiger partial charge in [-0.15, -0.1) is 0 Å². The molecule has 0 bridgehead atoms. The van der Waals surface area contributed by atoms with Crippen molar-refractivity contribution in [3.63, 3.8) is 0 Å². The van der Waals surface area contributed by atoms with Crippen LogP contribution >= 0.6 is 0 Å². The Labute approximate surface area is 72.2 Å². The standard InChI is InChI=1S/C9H14N2O/c1-2-8(12)9(10)7-4-3-5-11-6-7/h3-6,8-9,12H,2,10H2,1H3. The molecule has 1 rings (SSSR count). The summed E-state index contributed by atoms with van der Waals surface area (Å²) in [5.74, 6) is 0. The van der Waals surface area contributed by atoms with Crippen molar-refractivity contribution in [1.82, 2.24) is 4.98 Å². The number of aromatic nitrogens is 1. The smallest absolute Gasteiger partial charge is 0.0730 e. The molecule has 1 aromatic heterocycles. The molecule has 0 aromatic carbocycles. The van der Waals surface area contributed by atoms with Crippen molar-refractivity contribution < 1.29 is 5.11 Å². The molecule has 0 saturated carbocycles. The molecule has 66 valence electrons. The number of pyridine rings is 1. The molecule has 3 heteroatoms. The van der Waals surface area contributed by atoms with E-state index in [1.165, 1.54) is 0 Å². The van der Waals surface area contributed by atoms with E-state index >= 15 is 0 Å². The summed E-state index contributed by atoms with van der Waals surface area (Å²) in [6.07, 6.45) is 3.56. The predicted octanol–water partition coefficient (Wildman–Crippen LogP) is 0.852. The van der Waals surface area contributed by atoms with Crippen LogP contribution in [0.15, 0.2) is 24.5 Å². The molecular weight excluding hydrogens is 152 g/mol. The summed E-state index contributed by atoms with van der Waals surface area (Å²) in [5, 5.41) is 9.43. The van der Waals surface area contributed by atoms with Gasteiger partial charge in [0.05, 0.1) is 12.1 Å². The third kappa shape index (κ3) is 2.03. The highest BCUT2D eigenvalue weighted by Gasteiger charge is 2.13. The molecule has 0 aliphatic carbocycles. The zero-order chi connectivity index (χ0) is 8.97. The first kappa shape index (κ1) is 9.16. The van der Waals surface area contributed by atoms with E-state index in [0.717, 1.165) is 5.56 Å². The van der Waals surface area contributed by atoms with Crippen LogP contribution in [0.25, 0.3) is 0 Å². The number of hydrogen-bond donors (Lipinski definition) is 2. The lowest BCUT2D eigenvalue weighted by Crippen LogP contribution is -2.25. The lowest BCUT2D eigenvalue weighted by molar-refractivity contribution is 0.140. The van der Waals surface area contributed by atoms with Gasteiger partial charge in [0.25, 0.3) is 0 Å². The predicted molar refractivity (Wildman–Crippen MR) is 47.5 cm³/mol. The molecule has 2 unspecified atom stereocenters. The van der Waals surface area contributed by atoms with Gasteiger partial charge >= 0.3 is 0 Å². The van der Waals surface area contributed by atoms with Gasteiger partial charge in [0.1, 0.15) is 0 Å². The van der Waals surface area contributed by atoms with Crippen LogP contribution in [-0.2, 0) is 0 Å². The number of rotatable bonds is 3. The summed E-state index contributed by atoms with van der Waals surface area (Å²) in [4.78, 5) is 3.93. The average molecular weight is 166 g/mol. The molecule has 1 heterocycles. The summed E-state index contributed by atoms with van der Waals surface area (Å²) < 4.78 is 0. The number of nitrogens with zero attached hydrogens (tertiary/aromatic N) is 1. The molecule has 0 saturated heterocycles. The minimum absolute atomic E-state index is 0.316. The van der Waals surface area contributed by atoms with Crippen molar-refractivity contribution in [1.29, 1.82) is 0 Å². The Morgan fingerprint density at radius 1 is 1.67 bits per heavy atom. The first-order valence-electron chi connectivity index (χ1n) is 4.09. The van der Waals surface area contributed by atoms with Crippen LogP contribution in [-0.4, -0.2) is 16.2 Å². The van der Waals surface area contributed by atoms with Crippen LogP contribution in [0.2, 0.25) is 0 Å². The van der Waals surface area contributed by atoms with Gasteiger partial charge in [0.2, 0.25) is 0 Å². The Bertz CT molecular complexity index is 225. The zero-order valence-corrected chi connectivity index (χ0v) is 7.14. The van der Waals surface area contributed by atoms with Crippen molar-refractivity contribution in [3.8, 4) is 0 Å². The van der Waals surface area contributed by atoms with E-state index in [1.807, 2.05) is 19.1 Å². The molecule has 3 nitrogen and oxygen atoms in total. The van der Waals surface area contributed by atoms with Gasteiger partial charge in [-0.3, -0.25) is 4.98 Å². The maximum atomic E-state index is 9.43. The molecule has 0 amide bonds. The number of nitrogens with two attached hydrogens (primary N) is 1. The van der Waals surface area contributed by atoms with Crippen LogP contribution in [0.4, 0.5) is 0 Å². The molecule has 1 aromatic rings. The van der Waals surface area contributed by atoms with Crippen molar-refractivity contribution in [2.24, 2.45) is 5.73 Å². The monoisotopic (exact) mass is 166 g/mol. The first-order chi connectivity index (χ1) is 5.75. The van der Waals surface area contributed by atoms with Gasteiger partial charge in [-0.1, -0.05) is 13.0 Å². The van der Waals surface area contributed by atoms with Gasteiger partial charge in [0.15, 0.2) is 0 Å². The molecule has 0 aliphatic rings. The van der Waals surface area contributed by atoms with Crippen LogP contribution in [0, 0.1) is 0 Å². The summed E-state index contributed by atoms with van der Waals surface area (Å²) >= 11 is 0. The number of aliphatic hydroxyl groups is 1. The molecule has 12 heavy (non-hydrogen) atoms. The Kier molecular flexibility index (Phi) is 3.19. The fourth-order valence-electron chi connectivity index (χ4n) is 1.05. The van der Waals surface area contributed by atoms with E-state index in [-0.39, 0.29) is 6.04 Å². The largest absolute Gasteiger partial charge is 0.391 e. The summed E-state index contributed by atoms with van der Waals surface area (Å²) in [7, 11) is 0. The van der Waals surface area contributed by atoms with Crippen LogP contribution < -0.4 is 5.73 Å². The van der Waals surface area contributed by atoms with E-state index in [9.17, 15) is 5.11 Å². The molecule has 2 atom stereocenters. The van der Waals surface area contributed by atoms with Gasteiger partial charge in [-0.25, -0.2) is 0 Å². The molecule has 0 fully saturated rings. The third-order valence-corrected chi connectivity index (χ3v) is 1.90. The van der Waals surface area contributed by atoms with E-state index in [0.29, 0.717) is 6.42 Å². The molecule has 0 radical (unpaired) electrons. The maximum Gasteiger partial charge on any atom is 0.0730 e. The summed E-state index contributed by atoms with van der Waals surface area (Å²) in [6.45, 7) is 1.90. The van der Waals surface area contributed by atoms with Crippen molar-refractivity contribution in [2.75, 3.05) is 0 Å². The average Bonchev–Trinajstić information content (AvgIpc) is 2.17. The van der Waals surface area contributed by atoms with Gasteiger partial charge in [0, 0.05) is 12.4 Å². The van der Waals surface area contributed by atoms with Crippen molar-refractivity contribution in [3.05, 3.63) is 30.1 Å². The van der Waals surface area contributed by atoms with E-state index in [4.69, 9.17) is 5.73 Å². The third-order valence-electron chi connectivity index (χ3n) is 1.90. The summed E-state index contributed by atoms with van der Waals surface area (Å²) in [6, 6.07) is 3.37. The number of hydrogen-bond acceptors (Lipinski definition) is 3. The topological polar surface area (TPSA) is 59.1 Å². The van der Waals surface area contributed by atoms with Crippen molar-refractivity contribution in [2.45, 2.75) is 25.5 Å². The zero-order valence-electron chi connectivity index (χ0n) is 7.14. The second-order valence-corrected chi connectivity index (χ2v) is 2.79. The highest BCUT2D eigenvalue weighted by atomic mass is 16.3. The Morgan fingerprint density at radius 3 is 2.92 bits per heavy atom. The Morgan fingerprint density at radius 2 is 2.42 bits per heavy atom. The quantitative estimate of drug-likeness (QED) is 0.700. The number of aliphatic hydroxyl groups excluding tert-OH is 1. The first-order valence-corrected chi connectivity index (χ1v) is 4.09. The second kappa shape index (κ2) is 4.18. The fraction of sp³-hybridized carbons (Fsp3) is 0.444. The normalized spacial score (nSPS) is 15.6. The van der Waals surface area contributed by atoms with Gasteiger partial charge in [-0.2, -0.15) is 0 Å². The lowest BCUT2D eigenvalue weighted by Gasteiger charge is -2.16.